The highest BCUT2D eigenvalue weighted by Crippen LogP contribution is 2.31. The molecule has 116 valence electrons. The Morgan fingerprint density at radius 1 is 1.10 bits per heavy atom. The van der Waals surface area contributed by atoms with Gasteiger partial charge in [-0.1, -0.05) is 19.1 Å². The topological polar surface area (TPSA) is 83.9 Å². The number of hydrogen-bond acceptors (Lipinski definition) is 4. The third kappa shape index (κ3) is 3.09. The third-order valence-corrected chi connectivity index (χ3v) is 4.49. The maximum atomic E-state index is 12.6. The number of amides is 1. The highest BCUT2D eigenvalue weighted by molar-refractivity contribution is 5.86. The van der Waals surface area contributed by atoms with Crippen molar-refractivity contribution in [2.24, 2.45) is 23.7 Å². The van der Waals surface area contributed by atoms with E-state index in [2.05, 4.69) is 0 Å². The first-order chi connectivity index (χ1) is 9.95. The number of rotatable bonds is 3. The van der Waals surface area contributed by atoms with Crippen LogP contribution in [-0.4, -0.2) is 48.1 Å². The van der Waals surface area contributed by atoms with Crippen LogP contribution in [0, 0.1) is 23.7 Å². The van der Waals surface area contributed by atoms with Crippen LogP contribution in [0.5, 0.6) is 0 Å². The molecule has 0 bridgehead atoms. The minimum absolute atomic E-state index is 0.0313. The van der Waals surface area contributed by atoms with Gasteiger partial charge in [0.05, 0.1) is 24.9 Å². The van der Waals surface area contributed by atoms with Gasteiger partial charge in [-0.15, -0.1) is 0 Å². The standard InChI is InChI=1S/C15H21NO5/c1-9-7-16(8-12(9)15(20)21-2)13(17)10-5-3-4-6-11(10)14(18)19/h3-4,9-12H,5-8H2,1-2H3,(H,18,19). The molecule has 6 heteroatoms. The van der Waals surface area contributed by atoms with Gasteiger partial charge >= 0.3 is 11.9 Å². The van der Waals surface area contributed by atoms with E-state index in [0.717, 1.165) is 0 Å². The van der Waals surface area contributed by atoms with Gasteiger partial charge < -0.3 is 14.7 Å². The number of esters is 1. The minimum Gasteiger partial charge on any atom is -0.481 e. The number of likely N-dealkylation sites (tertiary alicyclic amines) is 1. The van der Waals surface area contributed by atoms with Crippen LogP contribution in [-0.2, 0) is 19.1 Å². The summed E-state index contributed by atoms with van der Waals surface area (Å²) in [6.07, 6.45) is 4.50. The predicted molar refractivity (Wildman–Crippen MR) is 74.2 cm³/mol. The average Bonchev–Trinajstić information content (AvgIpc) is 2.87. The normalized spacial score (nSPS) is 32.0. The zero-order valence-corrected chi connectivity index (χ0v) is 12.3. The summed E-state index contributed by atoms with van der Waals surface area (Å²) >= 11 is 0. The van der Waals surface area contributed by atoms with Crippen molar-refractivity contribution in [3.63, 3.8) is 0 Å². The Morgan fingerprint density at radius 3 is 2.29 bits per heavy atom. The Morgan fingerprint density at radius 2 is 1.71 bits per heavy atom. The fraction of sp³-hybridized carbons (Fsp3) is 0.667. The molecule has 0 aromatic carbocycles. The summed E-state index contributed by atoms with van der Waals surface area (Å²) in [5, 5.41) is 9.25. The number of hydrogen-bond donors (Lipinski definition) is 1. The summed E-state index contributed by atoms with van der Waals surface area (Å²) < 4.78 is 4.76. The van der Waals surface area contributed by atoms with E-state index in [1.54, 1.807) is 4.90 Å². The summed E-state index contributed by atoms with van der Waals surface area (Å²) in [6.45, 7) is 2.70. The first kappa shape index (κ1) is 15.5. The molecular weight excluding hydrogens is 274 g/mol. The number of carboxylic acids is 1. The quantitative estimate of drug-likeness (QED) is 0.618. The molecule has 4 unspecified atom stereocenters. The van der Waals surface area contributed by atoms with Gasteiger partial charge in [0.2, 0.25) is 5.91 Å². The lowest BCUT2D eigenvalue weighted by atomic mass is 9.82. The zero-order valence-electron chi connectivity index (χ0n) is 12.3. The summed E-state index contributed by atoms with van der Waals surface area (Å²) in [6, 6.07) is 0. The van der Waals surface area contributed by atoms with E-state index in [9.17, 15) is 19.5 Å². The first-order valence-electron chi connectivity index (χ1n) is 7.20. The fourth-order valence-corrected chi connectivity index (χ4v) is 3.20. The molecule has 1 saturated heterocycles. The molecule has 0 radical (unpaired) electrons. The number of carboxylic acid groups (broad SMARTS) is 1. The maximum Gasteiger partial charge on any atom is 0.310 e. The Kier molecular flexibility index (Phi) is 4.65. The van der Waals surface area contributed by atoms with E-state index in [0.29, 0.717) is 25.9 Å². The minimum atomic E-state index is -0.936. The van der Waals surface area contributed by atoms with E-state index in [1.807, 2.05) is 19.1 Å². The van der Waals surface area contributed by atoms with Crippen molar-refractivity contribution in [2.75, 3.05) is 20.2 Å². The molecule has 0 saturated carbocycles. The Bertz CT molecular complexity index is 473. The van der Waals surface area contributed by atoms with Gasteiger partial charge in [-0.05, 0) is 18.8 Å². The molecule has 1 heterocycles. The van der Waals surface area contributed by atoms with Crippen LogP contribution in [0.4, 0.5) is 0 Å². The largest absolute Gasteiger partial charge is 0.481 e. The van der Waals surface area contributed by atoms with Crippen molar-refractivity contribution in [2.45, 2.75) is 19.8 Å². The van der Waals surface area contributed by atoms with Crippen molar-refractivity contribution < 1.29 is 24.2 Å². The fourth-order valence-electron chi connectivity index (χ4n) is 3.20. The van der Waals surface area contributed by atoms with E-state index < -0.39 is 17.8 Å². The van der Waals surface area contributed by atoms with Gasteiger partial charge in [0.1, 0.15) is 0 Å². The van der Waals surface area contributed by atoms with Crippen LogP contribution in [0.3, 0.4) is 0 Å². The Balaban J connectivity index is 2.08. The lowest BCUT2D eigenvalue weighted by Gasteiger charge is -2.28. The van der Waals surface area contributed by atoms with Crippen LogP contribution in [0.1, 0.15) is 19.8 Å². The molecule has 0 aromatic rings. The molecule has 21 heavy (non-hydrogen) atoms. The van der Waals surface area contributed by atoms with Gasteiger partial charge in [-0.2, -0.15) is 0 Å². The number of allylic oxidation sites excluding steroid dienone is 2. The average molecular weight is 295 g/mol. The van der Waals surface area contributed by atoms with Crippen molar-refractivity contribution in [3.8, 4) is 0 Å². The van der Waals surface area contributed by atoms with Gasteiger partial charge in [0.15, 0.2) is 0 Å². The molecule has 1 amide bonds. The molecule has 2 aliphatic rings. The van der Waals surface area contributed by atoms with Crippen molar-refractivity contribution in [1.29, 1.82) is 0 Å². The Hall–Kier alpha value is -1.85. The molecule has 2 rings (SSSR count). The second-order valence-electron chi connectivity index (χ2n) is 5.84. The van der Waals surface area contributed by atoms with Crippen molar-refractivity contribution in [3.05, 3.63) is 12.2 Å². The van der Waals surface area contributed by atoms with E-state index in [4.69, 9.17) is 4.74 Å². The second-order valence-corrected chi connectivity index (χ2v) is 5.84. The number of nitrogens with zero attached hydrogens (tertiary/aromatic N) is 1. The molecular formula is C15H21NO5. The smallest absolute Gasteiger partial charge is 0.310 e. The van der Waals surface area contributed by atoms with E-state index in [1.165, 1.54) is 7.11 Å². The summed E-state index contributed by atoms with van der Waals surface area (Å²) in [4.78, 5) is 37.2. The molecule has 0 spiro atoms. The molecule has 4 atom stereocenters. The molecule has 1 aliphatic heterocycles. The summed E-state index contributed by atoms with van der Waals surface area (Å²) in [5.41, 5.74) is 0. The lowest BCUT2D eigenvalue weighted by molar-refractivity contribution is -0.151. The van der Waals surface area contributed by atoms with Crippen LogP contribution in [0.2, 0.25) is 0 Å². The maximum absolute atomic E-state index is 12.6. The lowest BCUT2D eigenvalue weighted by Crippen LogP contribution is -2.41. The molecule has 0 aromatic heterocycles. The molecule has 1 N–H and O–H groups in total. The number of aliphatic carboxylic acids is 1. The molecule has 1 fully saturated rings. The van der Waals surface area contributed by atoms with Crippen molar-refractivity contribution >= 4 is 17.8 Å². The Labute approximate surface area is 123 Å². The SMILES string of the molecule is COC(=O)C1CN(C(=O)C2CC=CCC2C(=O)O)CC1C. The van der Waals surface area contributed by atoms with Gasteiger partial charge in [0, 0.05) is 13.1 Å². The van der Waals surface area contributed by atoms with Crippen LogP contribution < -0.4 is 0 Å². The number of methoxy groups -OCH3 is 1. The monoisotopic (exact) mass is 295 g/mol. The highest BCUT2D eigenvalue weighted by Gasteiger charge is 2.42. The summed E-state index contributed by atoms with van der Waals surface area (Å²) in [7, 11) is 1.34. The van der Waals surface area contributed by atoms with E-state index in [-0.39, 0.29) is 23.7 Å². The first-order valence-corrected chi connectivity index (χ1v) is 7.20. The van der Waals surface area contributed by atoms with Crippen LogP contribution >= 0.6 is 0 Å². The number of ether oxygens (including phenoxy) is 1. The van der Waals surface area contributed by atoms with E-state index >= 15 is 0 Å². The molecule has 6 nitrogen and oxygen atoms in total. The predicted octanol–water partition coefficient (Wildman–Crippen LogP) is 0.921. The summed E-state index contributed by atoms with van der Waals surface area (Å²) in [5.74, 6) is -2.90. The molecule has 1 aliphatic carbocycles. The van der Waals surface area contributed by atoms with Crippen molar-refractivity contribution in [1.82, 2.24) is 4.90 Å². The third-order valence-electron chi connectivity index (χ3n) is 4.49. The van der Waals surface area contributed by atoms with Crippen LogP contribution in [0.25, 0.3) is 0 Å². The highest BCUT2D eigenvalue weighted by atomic mass is 16.5. The number of carbonyl (C=O) groups is 3. The van der Waals surface area contributed by atoms with Crippen LogP contribution in [0.15, 0.2) is 12.2 Å². The van der Waals surface area contributed by atoms with Gasteiger partial charge in [0.25, 0.3) is 0 Å². The second kappa shape index (κ2) is 6.28. The van der Waals surface area contributed by atoms with Gasteiger partial charge in [-0.25, -0.2) is 0 Å². The zero-order chi connectivity index (χ0) is 15.6. The van der Waals surface area contributed by atoms with Gasteiger partial charge in [-0.3, -0.25) is 14.4 Å². The number of carbonyl (C=O) groups excluding carboxylic acids is 2.